The van der Waals surface area contributed by atoms with Gasteiger partial charge < -0.3 is 86.7 Å². The van der Waals surface area contributed by atoms with Crippen LogP contribution in [0.25, 0.3) is 33.1 Å². The summed E-state index contributed by atoms with van der Waals surface area (Å²) in [6, 6.07) is 13.8. The van der Waals surface area contributed by atoms with E-state index < -0.39 is 106 Å². The third-order valence-corrected chi connectivity index (χ3v) is 22.9. The fourth-order valence-corrected chi connectivity index (χ4v) is 15.9. The first-order chi connectivity index (χ1) is 62.4. The Morgan fingerprint density at radius 1 is 0.356 bits per heavy atom. The van der Waals surface area contributed by atoms with Gasteiger partial charge in [0.1, 0.15) is 69.8 Å². The zero-order chi connectivity index (χ0) is 95.3. The fraction of sp³-hybridized carbons (Fsp3) is 0.484. The molecule has 6 fully saturated rings. The molecule has 6 amide bonds. The predicted molar refractivity (Wildman–Crippen MR) is 500 cm³/mol. The SMILES string of the molecule is CC(Oc1cc(F)c(F)c(F)c1)c1cc(C(=O)N2CC[C@H](N(C)C(=O)OC(C)(C)C)C2)cc2ncc(N3CCOCC3)nc12.CC(Oc1cc(F)c(F)c(F)c1)c1cc(C(=O)N2CC[C@H](N(C)C(=O)OC(C)(C)C)C2)cc2ncc(N3CCOCC3)nc12.CC(Oc1cc(F)c(F)c(F)c1)c1cc(C(=O)N2CC[C@H](N(C)C(=O)OC(C)(C)C)C2)cc2ncc(N3CCOCC3)nc12.S.S.S. The minimum absolute atomic E-state index is 0. The smallest absolute Gasteiger partial charge is 0.410 e. The summed E-state index contributed by atoms with van der Waals surface area (Å²) in [6.07, 6.45) is 2.66. The van der Waals surface area contributed by atoms with Gasteiger partial charge in [0.15, 0.2) is 52.4 Å². The number of carbonyl (C=O) groups is 6. The van der Waals surface area contributed by atoms with Gasteiger partial charge in [0.05, 0.1) is 109 Å². The third kappa shape index (κ3) is 26.1. The van der Waals surface area contributed by atoms with E-state index in [1.807, 2.05) is 14.7 Å². The zero-order valence-corrected chi connectivity index (χ0v) is 80.7. The Kier molecular flexibility index (Phi) is 35.0. The lowest BCUT2D eigenvalue weighted by molar-refractivity contribution is 0.0217. The highest BCUT2D eigenvalue weighted by atomic mass is 32.1. The molecule has 3 aromatic heterocycles. The third-order valence-electron chi connectivity index (χ3n) is 22.9. The van der Waals surface area contributed by atoms with Crippen LogP contribution in [0.3, 0.4) is 0 Å². The van der Waals surface area contributed by atoms with E-state index in [1.54, 1.807) is 174 Å². The van der Waals surface area contributed by atoms with E-state index in [-0.39, 0.29) is 93.6 Å². The van der Waals surface area contributed by atoms with Crippen LogP contribution in [0, 0.1) is 52.4 Å². The number of amides is 6. The second-order valence-electron chi connectivity index (χ2n) is 36.0. The molecule has 0 N–H and O–H groups in total. The first kappa shape index (κ1) is 106. The fourth-order valence-electron chi connectivity index (χ4n) is 15.9. The molecule has 15 rings (SSSR count). The highest BCUT2D eigenvalue weighted by molar-refractivity contribution is 7.59. The van der Waals surface area contributed by atoms with Crippen molar-refractivity contribution in [3.63, 3.8) is 0 Å². The number of fused-ring (bicyclic) bond motifs is 3. The van der Waals surface area contributed by atoms with Gasteiger partial charge in [0, 0.05) is 169 Å². The maximum atomic E-state index is 14.0. The van der Waals surface area contributed by atoms with Gasteiger partial charge in [0.2, 0.25) is 0 Å². The number of rotatable bonds is 18. The number of nitrogens with zero attached hydrogens (tertiary/aromatic N) is 15. The molecule has 3 unspecified atom stereocenters. The lowest BCUT2D eigenvalue weighted by Crippen LogP contribution is -2.42. The molecule has 9 aromatic rings. The van der Waals surface area contributed by atoms with E-state index >= 15 is 0 Å². The van der Waals surface area contributed by atoms with Crippen molar-refractivity contribution >= 4 is 127 Å². The molecular weight excluding hydrogens is 1830 g/mol. The van der Waals surface area contributed by atoms with Crippen molar-refractivity contribution in [2.45, 2.75) is 156 Å². The molecule has 0 saturated carbocycles. The summed E-state index contributed by atoms with van der Waals surface area (Å²) in [5, 5.41) is 0. The first-order valence-corrected chi connectivity index (χ1v) is 43.5. The van der Waals surface area contributed by atoms with Gasteiger partial charge in [-0.25, -0.2) is 68.8 Å². The van der Waals surface area contributed by atoms with E-state index in [0.29, 0.717) is 221 Å². The Morgan fingerprint density at radius 3 is 0.793 bits per heavy atom. The Bertz CT molecular complexity index is 5180. The van der Waals surface area contributed by atoms with Crippen LogP contribution < -0.4 is 28.9 Å². The number of likely N-dealkylation sites (N-methyl/N-ethyl adjacent to an activating group) is 3. The molecule has 0 radical (unpaired) electrons. The van der Waals surface area contributed by atoms with Gasteiger partial charge in [-0.1, -0.05) is 0 Å². The van der Waals surface area contributed by atoms with E-state index in [4.69, 9.17) is 57.6 Å². The van der Waals surface area contributed by atoms with E-state index in [1.165, 1.54) is 14.7 Å². The highest BCUT2D eigenvalue weighted by Gasteiger charge is 2.39. The molecule has 0 bridgehead atoms. The second kappa shape index (κ2) is 44.6. The minimum Gasteiger partial charge on any atom is -0.486 e. The van der Waals surface area contributed by atoms with Crippen molar-refractivity contribution in [2.24, 2.45) is 0 Å². The van der Waals surface area contributed by atoms with Crippen molar-refractivity contribution < 1.29 is 111 Å². The van der Waals surface area contributed by atoms with E-state index in [9.17, 15) is 68.3 Å². The van der Waals surface area contributed by atoms with E-state index in [2.05, 4.69) is 15.0 Å². The number of hydrogen-bond acceptors (Lipinski definition) is 24. The van der Waals surface area contributed by atoms with Crippen LogP contribution in [0.1, 0.15) is 168 Å². The minimum atomic E-state index is -1.59. The van der Waals surface area contributed by atoms with Gasteiger partial charge in [-0.2, -0.15) is 40.5 Å². The Balaban J connectivity index is 0.000000207. The molecule has 732 valence electrons. The van der Waals surface area contributed by atoms with Crippen LogP contribution in [0.5, 0.6) is 17.2 Å². The van der Waals surface area contributed by atoms with Crippen molar-refractivity contribution in [3.8, 4) is 17.2 Å². The molecule has 9 heterocycles. The number of carbonyl (C=O) groups excluding carboxylic acids is 6. The number of likely N-dealkylation sites (tertiary alicyclic amines) is 3. The van der Waals surface area contributed by atoms with Crippen LogP contribution in [0.2, 0.25) is 0 Å². The van der Waals surface area contributed by atoms with Crippen LogP contribution in [0.15, 0.2) is 91.4 Å². The number of ether oxygens (including phenoxy) is 9. The lowest BCUT2D eigenvalue weighted by atomic mass is 10.0. The standard InChI is InChI=1S/3C31H36F3N5O5.3H2S/c3*1-18(43-21-14-23(32)27(34)24(33)15-21)22-12-19(13-25-28(22)36-26(16-35-25)38-8-10-42-11-9-38)29(40)39-7-6-20(17-39)37(5)30(41)44-31(2,3)4;;;/h3*12-16,18,20H,6-11,17H2,1-5H3;3*1H2/t3*18?,20-;;;/m000.../s1. The van der Waals surface area contributed by atoms with Gasteiger partial charge >= 0.3 is 18.3 Å². The summed E-state index contributed by atoms with van der Waals surface area (Å²) in [6.45, 7) is 30.3. The average Bonchev–Trinajstić information content (AvgIpc) is 1.57. The number of benzene rings is 6. The monoisotopic (exact) mass is 1950 g/mol. The summed E-state index contributed by atoms with van der Waals surface area (Å²) in [7, 11) is 4.97. The number of anilines is 3. The molecule has 42 heteroatoms. The molecule has 135 heavy (non-hydrogen) atoms. The summed E-state index contributed by atoms with van der Waals surface area (Å²) < 4.78 is 175. The molecule has 6 atom stereocenters. The molecule has 6 aliphatic rings. The molecule has 0 spiro atoms. The predicted octanol–water partition coefficient (Wildman–Crippen LogP) is 15.7. The quantitative estimate of drug-likeness (QED) is 0.0438. The maximum absolute atomic E-state index is 14.0. The summed E-state index contributed by atoms with van der Waals surface area (Å²) in [4.78, 5) is 123. The number of aromatic nitrogens is 6. The van der Waals surface area contributed by atoms with Crippen LogP contribution in [-0.4, -0.2) is 270 Å². The molecule has 6 saturated heterocycles. The van der Waals surface area contributed by atoms with Gasteiger partial charge in [-0.15, -0.1) is 0 Å². The van der Waals surface area contributed by atoms with Crippen LogP contribution in [0.4, 0.5) is 71.4 Å². The summed E-state index contributed by atoms with van der Waals surface area (Å²) in [5.41, 5.74) is 3.01. The average molecular weight is 1950 g/mol. The number of hydrogen-bond donors (Lipinski definition) is 0. The van der Waals surface area contributed by atoms with Crippen molar-refractivity contribution in [3.05, 3.63) is 177 Å². The zero-order valence-electron chi connectivity index (χ0n) is 77.7. The summed E-state index contributed by atoms with van der Waals surface area (Å²) >= 11 is 0. The Labute approximate surface area is 797 Å². The van der Waals surface area contributed by atoms with Crippen molar-refractivity contribution in [1.29, 1.82) is 0 Å². The summed E-state index contributed by atoms with van der Waals surface area (Å²) in [5.74, 6) is -12.7. The van der Waals surface area contributed by atoms with Gasteiger partial charge in [0.25, 0.3) is 17.7 Å². The Morgan fingerprint density at radius 2 is 0.578 bits per heavy atom. The topological polar surface area (TPSA) is 292 Å². The first-order valence-electron chi connectivity index (χ1n) is 43.5. The highest BCUT2D eigenvalue weighted by Crippen LogP contribution is 2.38. The maximum Gasteiger partial charge on any atom is 0.410 e. The van der Waals surface area contributed by atoms with Crippen LogP contribution in [-0.2, 0) is 28.4 Å². The lowest BCUT2D eigenvalue weighted by Gasteiger charge is -2.28. The van der Waals surface area contributed by atoms with Crippen molar-refractivity contribution in [2.75, 3.05) is 154 Å². The number of morpholine rings is 3. The number of halogens is 9. The molecular formula is C93H114F9N15O15S3. The Hall–Kier alpha value is -11.3. The van der Waals surface area contributed by atoms with Gasteiger partial charge in [-0.3, -0.25) is 29.3 Å². The van der Waals surface area contributed by atoms with E-state index in [0.717, 1.165) is 36.4 Å². The van der Waals surface area contributed by atoms with Crippen molar-refractivity contribution in [1.82, 2.24) is 59.3 Å². The molecule has 6 aliphatic heterocycles. The second-order valence-corrected chi connectivity index (χ2v) is 36.0. The van der Waals surface area contributed by atoms with Gasteiger partial charge in [-0.05, 0) is 139 Å². The molecule has 30 nitrogen and oxygen atoms in total. The normalized spacial score (nSPS) is 17.6. The largest absolute Gasteiger partial charge is 0.486 e. The molecule has 6 aromatic carbocycles. The molecule has 0 aliphatic carbocycles. The van der Waals surface area contributed by atoms with Crippen LogP contribution >= 0.6 is 40.5 Å².